The maximum Gasteiger partial charge on any atom is 0.258 e. The monoisotopic (exact) mass is 455 g/mol. The smallest absolute Gasteiger partial charge is 0.258 e. The number of rotatable bonds is 5. The molecule has 2 aromatic heterocycles. The molecule has 0 aliphatic rings. The highest BCUT2D eigenvalue weighted by Crippen LogP contribution is 2.39. The topological polar surface area (TPSA) is 87.4 Å². The van der Waals surface area contributed by atoms with E-state index in [1.807, 2.05) is 12.1 Å². The summed E-state index contributed by atoms with van der Waals surface area (Å²) in [6, 6.07) is 20.1. The molecule has 0 saturated heterocycles. The van der Waals surface area contributed by atoms with Crippen LogP contribution in [0.1, 0.15) is 28.9 Å². The molecular weight excluding hydrogens is 433 g/mol. The van der Waals surface area contributed by atoms with E-state index in [1.54, 1.807) is 67.7 Å². The molecule has 0 bridgehead atoms. The highest BCUT2D eigenvalue weighted by molar-refractivity contribution is 6.09. The van der Waals surface area contributed by atoms with Gasteiger partial charge in [0.05, 0.1) is 16.8 Å². The molecule has 1 atom stereocenters. The highest BCUT2D eigenvalue weighted by atomic mass is 19.1. The number of fused-ring (bicyclic) bond motifs is 2. The fourth-order valence-corrected chi connectivity index (χ4v) is 4.44. The second kappa shape index (κ2) is 8.51. The molecule has 0 aliphatic carbocycles. The summed E-state index contributed by atoms with van der Waals surface area (Å²) in [6.45, 7) is 1.79. The van der Waals surface area contributed by atoms with Crippen molar-refractivity contribution in [2.45, 2.75) is 19.4 Å². The van der Waals surface area contributed by atoms with Crippen LogP contribution in [0.25, 0.3) is 21.7 Å². The first-order valence-electron chi connectivity index (χ1n) is 10.9. The van der Waals surface area contributed by atoms with E-state index in [2.05, 4.69) is 10.3 Å². The van der Waals surface area contributed by atoms with Gasteiger partial charge in [0.2, 0.25) is 11.8 Å². The van der Waals surface area contributed by atoms with Crippen molar-refractivity contribution >= 4 is 33.3 Å². The molecule has 0 aliphatic heterocycles. The lowest BCUT2D eigenvalue weighted by atomic mass is 9.99. The number of benzene rings is 3. The first-order chi connectivity index (χ1) is 16.5. The molecule has 0 radical (unpaired) electrons. The van der Waals surface area contributed by atoms with Crippen LogP contribution in [0.4, 0.5) is 10.1 Å². The summed E-state index contributed by atoms with van der Waals surface area (Å²) in [6.07, 6.45) is 1.84. The van der Waals surface area contributed by atoms with Crippen molar-refractivity contribution in [1.29, 1.82) is 0 Å². The Morgan fingerprint density at radius 1 is 0.971 bits per heavy atom. The number of para-hydroxylation sites is 1. The van der Waals surface area contributed by atoms with Crippen molar-refractivity contribution in [2.24, 2.45) is 0 Å². The molecule has 3 N–H and O–H groups in total. The molecule has 2 heterocycles. The quantitative estimate of drug-likeness (QED) is 0.313. The van der Waals surface area contributed by atoms with E-state index in [0.717, 1.165) is 5.39 Å². The standard InChI is InChI=1S/C27H22FN3O3/c1-16(31-26(33)19-10-2-3-11-20(19)27(31)34)15-18-8-4-12-21(28)23(18)25(32)30-22-13-5-7-17-9-6-14-29-24(17)22/h2-14,16,33-34H,15H2,1H3,(H,30,32)/t16-/m0/s1. The van der Waals surface area contributed by atoms with Gasteiger partial charge in [-0.25, -0.2) is 4.39 Å². The van der Waals surface area contributed by atoms with Crippen LogP contribution in [0.3, 0.4) is 0 Å². The average molecular weight is 455 g/mol. The molecule has 34 heavy (non-hydrogen) atoms. The second-order valence-electron chi connectivity index (χ2n) is 8.22. The third-order valence-corrected chi connectivity index (χ3v) is 6.03. The molecule has 5 rings (SSSR count). The first kappa shape index (κ1) is 21.5. The van der Waals surface area contributed by atoms with Gasteiger partial charge in [0.15, 0.2) is 0 Å². The van der Waals surface area contributed by atoms with Gasteiger partial charge in [-0.15, -0.1) is 0 Å². The van der Waals surface area contributed by atoms with Gasteiger partial charge in [0.25, 0.3) is 5.91 Å². The molecule has 7 heteroatoms. The maximum absolute atomic E-state index is 14.9. The number of hydrogen-bond donors (Lipinski definition) is 3. The van der Waals surface area contributed by atoms with E-state index in [1.165, 1.54) is 10.6 Å². The van der Waals surface area contributed by atoms with E-state index in [-0.39, 0.29) is 23.7 Å². The third kappa shape index (κ3) is 3.61. The van der Waals surface area contributed by atoms with Crippen molar-refractivity contribution in [2.75, 3.05) is 5.32 Å². The van der Waals surface area contributed by atoms with Crippen molar-refractivity contribution in [3.8, 4) is 11.8 Å². The van der Waals surface area contributed by atoms with Crippen LogP contribution < -0.4 is 5.32 Å². The maximum atomic E-state index is 14.9. The zero-order valence-electron chi connectivity index (χ0n) is 18.4. The van der Waals surface area contributed by atoms with Gasteiger partial charge in [-0.3, -0.25) is 14.3 Å². The summed E-state index contributed by atoms with van der Waals surface area (Å²) < 4.78 is 16.3. The number of aromatic nitrogens is 2. The minimum Gasteiger partial charge on any atom is -0.494 e. The summed E-state index contributed by atoms with van der Waals surface area (Å²) in [4.78, 5) is 17.5. The number of carbonyl (C=O) groups is 1. The first-order valence-corrected chi connectivity index (χ1v) is 10.9. The summed E-state index contributed by atoms with van der Waals surface area (Å²) >= 11 is 0. The van der Waals surface area contributed by atoms with Gasteiger partial charge < -0.3 is 15.5 Å². The summed E-state index contributed by atoms with van der Waals surface area (Å²) in [7, 11) is 0. The Balaban J connectivity index is 1.49. The molecule has 170 valence electrons. The van der Waals surface area contributed by atoms with Gasteiger partial charge in [0, 0.05) is 28.4 Å². The lowest BCUT2D eigenvalue weighted by molar-refractivity contribution is 0.102. The van der Waals surface area contributed by atoms with Crippen LogP contribution in [0.2, 0.25) is 0 Å². The lowest BCUT2D eigenvalue weighted by Crippen LogP contribution is -2.18. The summed E-state index contributed by atoms with van der Waals surface area (Å²) in [5, 5.41) is 26.1. The fourth-order valence-electron chi connectivity index (χ4n) is 4.44. The number of nitrogens with zero attached hydrogens (tertiary/aromatic N) is 2. The van der Waals surface area contributed by atoms with Gasteiger partial charge in [-0.2, -0.15) is 0 Å². The number of anilines is 1. The Hall–Kier alpha value is -4.39. The van der Waals surface area contributed by atoms with Gasteiger partial charge >= 0.3 is 0 Å². The molecule has 5 aromatic rings. The molecule has 0 unspecified atom stereocenters. The predicted octanol–water partition coefficient (Wildman–Crippen LogP) is 5.80. The lowest BCUT2D eigenvalue weighted by Gasteiger charge is -2.18. The van der Waals surface area contributed by atoms with E-state index in [9.17, 15) is 19.4 Å². The van der Waals surface area contributed by atoms with E-state index >= 15 is 0 Å². The van der Waals surface area contributed by atoms with Crippen molar-refractivity contribution in [1.82, 2.24) is 9.55 Å². The van der Waals surface area contributed by atoms with Crippen LogP contribution in [-0.2, 0) is 6.42 Å². The SMILES string of the molecule is C[C@@H](Cc1cccc(F)c1C(=O)Nc1cccc2cccnc12)n1c(O)c2ccccc2c1O. The van der Waals surface area contributed by atoms with Crippen LogP contribution in [0.15, 0.2) is 79.0 Å². The van der Waals surface area contributed by atoms with Crippen molar-refractivity contribution in [3.63, 3.8) is 0 Å². The molecule has 0 saturated carbocycles. The Morgan fingerprint density at radius 3 is 2.38 bits per heavy atom. The predicted molar refractivity (Wildman–Crippen MR) is 130 cm³/mol. The molecule has 1 amide bonds. The van der Waals surface area contributed by atoms with Crippen molar-refractivity contribution in [3.05, 3.63) is 95.9 Å². The van der Waals surface area contributed by atoms with Gasteiger partial charge in [0.1, 0.15) is 5.82 Å². The van der Waals surface area contributed by atoms with Crippen LogP contribution >= 0.6 is 0 Å². The van der Waals surface area contributed by atoms with E-state index in [4.69, 9.17) is 0 Å². The number of amides is 1. The normalized spacial score (nSPS) is 12.2. The number of halogens is 1. The number of carbonyl (C=O) groups excluding carboxylic acids is 1. The Bertz CT molecular complexity index is 1500. The molecule has 0 spiro atoms. The highest BCUT2D eigenvalue weighted by Gasteiger charge is 2.23. The Kier molecular flexibility index (Phi) is 5.37. The second-order valence-corrected chi connectivity index (χ2v) is 8.22. The number of nitrogens with one attached hydrogen (secondary N) is 1. The van der Waals surface area contributed by atoms with Crippen molar-refractivity contribution < 1.29 is 19.4 Å². The summed E-state index contributed by atoms with van der Waals surface area (Å²) in [5.41, 5.74) is 1.46. The van der Waals surface area contributed by atoms with E-state index in [0.29, 0.717) is 27.5 Å². The Labute approximate surface area is 194 Å². The number of aromatic hydroxyl groups is 2. The molecule has 0 fully saturated rings. The minimum atomic E-state index is -0.651. The average Bonchev–Trinajstić information content (AvgIpc) is 3.09. The number of hydrogen-bond acceptors (Lipinski definition) is 4. The molecule has 6 nitrogen and oxygen atoms in total. The number of pyridine rings is 1. The molecular formula is C27H22FN3O3. The third-order valence-electron chi connectivity index (χ3n) is 6.03. The Morgan fingerprint density at radius 2 is 1.65 bits per heavy atom. The summed E-state index contributed by atoms with van der Waals surface area (Å²) in [5.74, 6) is -1.40. The largest absolute Gasteiger partial charge is 0.494 e. The molecule has 3 aromatic carbocycles. The van der Waals surface area contributed by atoms with Crippen LogP contribution in [-0.4, -0.2) is 25.7 Å². The fraction of sp³-hybridized carbons (Fsp3) is 0.111. The van der Waals surface area contributed by atoms with Gasteiger partial charge in [-0.05, 0) is 49.2 Å². The minimum absolute atomic E-state index is 0.0789. The zero-order chi connectivity index (χ0) is 23.8. The van der Waals surface area contributed by atoms with Gasteiger partial charge in [-0.1, -0.05) is 42.5 Å². The van der Waals surface area contributed by atoms with Crippen LogP contribution in [0.5, 0.6) is 11.8 Å². The van der Waals surface area contributed by atoms with Crippen LogP contribution in [0, 0.1) is 5.82 Å². The zero-order valence-corrected chi connectivity index (χ0v) is 18.4. The van der Waals surface area contributed by atoms with E-state index < -0.39 is 17.8 Å².